The quantitative estimate of drug-likeness (QED) is 0.658. The van der Waals surface area contributed by atoms with Crippen molar-refractivity contribution in [2.75, 3.05) is 12.4 Å². The number of hydrogen-bond acceptors (Lipinski definition) is 6. The summed E-state index contributed by atoms with van der Waals surface area (Å²) in [6.07, 6.45) is 1.59. The van der Waals surface area contributed by atoms with Crippen LogP contribution in [0.4, 0.5) is 10.1 Å². The first-order valence-electron chi connectivity index (χ1n) is 7.61. The van der Waals surface area contributed by atoms with E-state index in [-0.39, 0.29) is 15.8 Å². The molecule has 0 saturated heterocycles. The van der Waals surface area contributed by atoms with Crippen molar-refractivity contribution in [3.05, 3.63) is 63.9 Å². The summed E-state index contributed by atoms with van der Waals surface area (Å²) in [6.45, 7) is 0. The number of aromatic nitrogens is 2. The van der Waals surface area contributed by atoms with Crippen molar-refractivity contribution in [2.45, 2.75) is 0 Å². The SMILES string of the molecule is COc1ccc(/C=C(/Cl)c2nnc(C(=O)Nc3ccc(F)cc3)s2)cc1O. The third kappa shape index (κ3) is 4.60. The molecule has 0 spiro atoms. The molecule has 0 radical (unpaired) electrons. The molecule has 0 saturated carbocycles. The predicted molar refractivity (Wildman–Crippen MR) is 103 cm³/mol. The van der Waals surface area contributed by atoms with E-state index in [0.717, 1.165) is 11.3 Å². The lowest BCUT2D eigenvalue weighted by atomic mass is 10.2. The van der Waals surface area contributed by atoms with Gasteiger partial charge in [0.25, 0.3) is 5.91 Å². The van der Waals surface area contributed by atoms with Crippen molar-refractivity contribution >= 4 is 45.6 Å². The maximum absolute atomic E-state index is 12.9. The van der Waals surface area contributed by atoms with Crippen LogP contribution < -0.4 is 10.1 Å². The molecular weight excluding hydrogens is 393 g/mol. The van der Waals surface area contributed by atoms with Crippen molar-refractivity contribution in [2.24, 2.45) is 0 Å². The zero-order valence-electron chi connectivity index (χ0n) is 13.9. The molecule has 138 valence electrons. The number of benzene rings is 2. The number of aromatic hydroxyl groups is 1. The minimum Gasteiger partial charge on any atom is -0.504 e. The van der Waals surface area contributed by atoms with E-state index in [0.29, 0.717) is 22.0 Å². The number of nitrogens with zero attached hydrogens (tertiary/aromatic N) is 2. The van der Waals surface area contributed by atoms with Crippen LogP contribution in [0, 0.1) is 5.82 Å². The van der Waals surface area contributed by atoms with Crippen LogP contribution >= 0.6 is 22.9 Å². The van der Waals surface area contributed by atoms with Crippen LogP contribution in [0.1, 0.15) is 20.4 Å². The largest absolute Gasteiger partial charge is 0.504 e. The lowest BCUT2D eigenvalue weighted by molar-refractivity contribution is 0.102. The van der Waals surface area contributed by atoms with Crippen molar-refractivity contribution in [3.63, 3.8) is 0 Å². The molecule has 2 aromatic carbocycles. The Bertz CT molecular complexity index is 1010. The molecule has 0 bridgehead atoms. The number of rotatable bonds is 5. The number of halogens is 2. The van der Waals surface area contributed by atoms with Gasteiger partial charge in [0.1, 0.15) is 5.82 Å². The molecule has 27 heavy (non-hydrogen) atoms. The molecule has 3 rings (SSSR count). The second-order valence-electron chi connectivity index (χ2n) is 5.30. The van der Waals surface area contributed by atoms with Crippen LogP contribution in [0.2, 0.25) is 0 Å². The Morgan fingerprint density at radius 2 is 1.93 bits per heavy atom. The van der Waals surface area contributed by atoms with Gasteiger partial charge < -0.3 is 15.2 Å². The minimum atomic E-state index is -0.475. The van der Waals surface area contributed by atoms with E-state index in [1.54, 1.807) is 18.2 Å². The van der Waals surface area contributed by atoms with Crippen molar-refractivity contribution in [1.82, 2.24) is 10.2 Å². The van der Waals surface area contributed by atoms with Gasteiger partial charge in [0.2, 0.25) is 5.01 Å². The van der Waals surface area contributed by atoms with Crippen molar-refractivity contribution < 1.29 is 19.0 Å². The van der Waals surface area contributed by atoms with E-state index in [9.17, 15) is 14.3 Å². The summed E-state index contributed by atoms with van der Waals surface area (Å²) in [5.74, 6) is -0.545. The molecule has 0 atom stereocenters. The van der Waals surface area contributed by atoms with Gasteiger partial charge >= 0.3 is 0 Å². The maximum Gasteiger partial charge on any atom is 0.286 e. The third-order valence-corrected chi connectivity index (χ3v) is 4.78. The fraction of sp³-hybridized carbons (Fsp3) is 0.0556. The van der Waals surface area contributed by atoms with E-state index in [1.807, 2.05) is 0 Å². The number of anilines is 1. The Kier molecular flexibility index (Phi) is 5.68. The van der Waals surface area contributed by atoms with Crippen LogP contribution in [-0.2, 0) is 0 Å². The molecule has 0 aliphatic carbocycles. The summed E-state index contributed by atoms with van der Waals surface area (Å²) < 4.78 is 17.9. The first-order chi connectivity index (χ1) is 13.0. The first-order valence-corrected chi connectivity index (χ1v) is 8.80. The van der Waals surface area contributed by atoms with Crippen molar-refractivity contribution in [3.8, 4) is 11.5 Å². The minimum absolute atomic E-state index is 0.0210. The van der Waals surface area contributed by atoms with E-state index in [4.69, 9.17) is 16.3 Å². The van der Waals surface area contributed by atoms with Gasteiger partial charge in [-0.15, -0.1) is 10.2 Å². The van der Waals surface area contributed by atoms with Crippen LogP contribution in [0.5, 0.6) is 11.5 Å². The third-order valence-electron chi connectivity index (χ3n) is 3.42. The molecule has 0 fully saturated rings. The molecule has 2 N–H and O–H groups in total. The van der Waals surface area contributed by atoms with Gasteiger partial charge in [-0.25, -0.2) is 4.39 Å². The molecular formula is C18H13ClFN3O3S. The second-order valence-corrected chi connectivity index (χ2v) is 6.68. The Labute approximate surface area is 162 Å². The topological polar surface area (TPSA) is 84.3 Å². The van der Waals surface area contributed by atoms with E-state index >= 15 is 0 Å². The van der Waals surface area contributed by atoms with Crippen LogP contribution in [-0.4, -0.2) is 28.3 Å². The molecule has 3 aromatic rings. The number of phenolic OH excluding ortho intramolecular Hbond substituents is 1. The number of phenols is 1. The number of amides is 1. The summed E-state index contributed by atoms with van der Waals surface area (Å²) in [6, 6.07) is 10.2. The van der Waals surface area contributed by atoms with Crippen LogP contribution in [0.15, 0.2) is 42.5 Å². The van der Waals surface area contributed by atoms with Gasteiger partial charge in [-0.1, -0.05) is 29.0 Å². The molecule has 1 aromatic heterocycles. The monoisotopic (exact) mass is 405 g/mol. The Morgan fingerprint density at radius 1 is 1.22 bits per heavy atom. The predicted octanol–water partition coefficient (Wildman–Crippen LogP) is 4.38. The van der Waals surface area contributed by atoms with E-state index < -0.39 is 11.7 Å². The number of methoxy groups -OCH3 is 1. The van der Waals surface area contributed by atoms with Gasteiger partial charge in [-0.2, -0.15) is 0 Å². The molecule has 0 unspecified atom stereocenters. The van der Waals surface area contributed by atoms with Crippen LogP contribution in [0.3, 0.4) is 0 Å². The molecule has 1 heterocycles. The first kappa shape index (κ1) is 18.8. The number of carbonyl (C=O) groups excluding carboxylic acids is 1. The number of nitrogens with one attached hydrogen (secondary N) is 1. The van der Waals surface area contributed by atoms with E-state index in [2.05, 4.69) is 15.5 Å². The standard InChI is InChI=1S/C18H13ClFN3O3S/c1-26-15-7-2-10(9-14(15)24)8-13(19)17-22-23-18(27-17)16(25)21-12-5-3-11(20)4-6-12/h2-9,24H,1H3,(H,21,25)/b13-8+. The smallest absolute Gasteiger partial charge is 0.286 e. The Morgan fingerprint density at radius 3 is 2.59 bits per heavy atom. The fourth-order valence-corrected chi connectivity index (χ4v) is 3.06. The van der Waals surface area contributed by atoms with Crippen molar-refractivity contribution in [1.29, 1.82) is 0 Å². The van der Waals surface area contributed by atoms with E-state index in [1.165, 1.54) is 37.4 Å². The van der Waals surface area contributed by atoms with Gasteiger partial charge in [0.05, 0.1) is 12.1 Å². The fourth-order valence-electron chi connectivity index (χ4n) is 2.13. The number of hydrogen-bond donors (Lipinski definition) is 2. The lowest BCUT2D eigenvalue weighted by Gasteiger charge is -2.03. The molecule has 9 heteroatoms. The molecule has 1 amide bonds. The zero-order chi connectivity index (χ0) is 19.4. The Hall–Kier alpha value is -2.97. The average Bonchev–Trinajstić information content (AvgIpc) is 3.14. The zero-order valence-corrected chi connectivity index (χ0v) is 15.5. The van der Waals surface area contributed by atoms with Gasteiger partial charge in [-0.3, -0.25) is 4.79 Å². The second kappa shape index (κ2) is 8.15. The van der Waals surface area contributed by atoms with Gasteiger partial charge in [-0.05, 0) is 48.0 Å². The highest BCUT2D eigenvalue weighted by atomic mass is 35.5. The number of carbonyl (C=O) groups is 1. The summed E-state index contributed by atoms with van der Waals surface area (Å²) in [5.41, 5.74) is 1.07. The summed E-state index contributed by atoms with van der Waals surface area (Å²) in [7, 11) is 1.46. The van der Waals surface area contributed by atoms with Crippen LogP contribution in [0.25, 0.3) is 11.1 Å². The highest BCUT2D eigenvalue weighted by molar-refractivity contribution is 7.15. The van der Waals surface area contributed by atoms with Gasteiger partial charge in [0.15, 0.2) is 16.5 Å². The lowest BCUT2D eigenvalue weighted by Crippen LogP contribution is -2.11. The maximum atomic E-state index is 12.9. The van der Waals surface area contributed by atoms with Gasteiger partial charge in [0, 0.05) is 5.69 Å². The summed E-state index contributed by atoms with van der Waals surface area (Å²) in [5, 5.41) is 20.9. The highest BCUT2D eigenvalue weighted by Crippen LogP contribution is 2.30. The summed E-state index contributed by atoms with van der Waals surface area (Å²) >= 11 is 7.25. The molecule has 0 aliphatic heterocycles. The Balaban J connectivity index is 1.75. The molecule has 6 nitrogen and oxygen atoms in total. The molecule has 0 aliphatic rings. The number of ether oxygens (including phenoxy) is 1. The normalized spacial score (nSPS) is 11.3. The average molecular weight is 406 g/mol. The highest BCUT2D eigenvalue weighted by Gasteiger charge is 2.15. The summed E-state index contributed by atoms with van der Waals surface area (Å²) in [4.78, 5) is 12.2.